The van der Waals surface area contributed by atoms with Crippen molar-refractivity contribution in [3.05, 3.63) is 72.1 Å². The molecule has 0 aliphatic heterocycles. The normalized spacial score (nSPS) is 10.9. The van der Waals surface area contributed by atoms with E-state index in [-0.39, 0.29) is 11.7 Å². The number of nitrogens with zero attached hydrogens (tertiary/aromatic N) is 2. The van der Waals surface area contributed by atoms with Gasteiger partial charge in [-0.05, 0) is 55.0 Å². The van der Waals surface area contributed by atoms with Crippen LogP contribution in [0.15, 0.2) is 60.9 Å². The minimum atomic E-state index is -0.265. The number of rotatable bonds is 3. The molecule has 4 aromatic rings. The number of aryl methyl sites for hydroxylation is 1. The van der Waals surface area contributed by atoms with Crippen molar-refractivity contribution >= 4 is 33.1 Å². The van der Waals surface area contributed by atoms with Crippen molar-refractivity contribution in [2.45, 2.75) is 6.92 Å². The standard InChI is InChI=1S/C19H15N3O2S/c1-12-4-7-16(23)15(10-12)20-18(24)13-5-6-14-17(11-13)25-19(21-14)22-8-2-3-9-22/h2-11,23H,1H3,(H,20,24). The summed E-state index contributed by atoms with van der Waals surface area (Å²) in [6.07, 6.45) is 3.87. The van der Waals surface area contributed by atoms with E-state index in [0.717, 1.165) is 20.9 Å². The van der Waals surface area contributed by atoms with Crippen molar-refractivity contribution in [1.82, 2.24) is 9.55 Å². The van der Waals surface area contributed by atoms with Crippen LogP contribution in [0.3, 0.4) is 0 Å². The Morgan fingerprint density at radius 2 is 1.96 bits per heavy atom. The molecule has 6 heteroatoms. The van der Waals surface area contributed by atoms with Crippen LogP contribution in [0.25, 0.3) is 15.3 Å². The average molecular weight is 349 g/mol. The molecule has 0 saturated heterocycles. The molecule has 0 spiro atoms. The summed E-state index contributed by atoms with van der Waals surface area (Å²) in [6, 6.07) is 14.4. The Bertz CT molecular complexity index is 1070. The van der Waals surface area contributed by atoms with Crippen LogP contribution in [0.4, 0.5) is 5.69 Å². The van der Waals surface area contributed by atoms with Gasteiger partial charge in [0.1, 0.15) is 5.75 Å². The maximum Gasteiger partial charge on any atom is 0.255 e. The summed E-state index contributed by atoms with van der Waals surface area (Å²) in [5, 5.41) is 13.5. The van der Waals surface area contributed by atoms with E-state index in [2.05, 4.69) is 10.3 Å². The summed E-state index contributed by atoms with van der Waals surface area (Å²) in [4.78, 5) is 17.1. The fourth-order valence-corrected chi connectivity index (χ4v) is 3.54. The van der Waals surface area contributed by atoms with E-state index in [1.807, 2.05) is 48.1 Å². The molecule has 0 bridgehead atoms. The van der Waals surface area contributed by atoms with Gasteiger partial charge in [-0.25, -0.2) is 4.98 Å². The molecule has 2 aromatic heterocycles. The third-order valence-corrected chi connectivity index (χ3v) is 4.90. The van der Waals surface area contributed by atoms with E-state index in [1.54, 1.807) is 24.3 Å². The van der Waals surface area contributed by atoms with Crippen LogP contribution < -0.4 is 5.32 Å². The lowest BCUT2D eigenvalue weighted by atomic mass is 10.1. The zero-order chi connectivity index (χ0) is 17.4. The third kappa shape index (κ3) is 2.99. The largest absolute Gasteiger partial charge is 0.506 e. The molecule has 25 heavy (non-hydrogen) atoms. The fraction of sp³-hybridized carbons (Fsp3) is 0.0526. The number of nitrogens with one attached hydrogen (secondary N) is 1. The number of thiazole rings is 1. The first-order chi connectivity index (χ1) is 12.1. The van der Waals surface area contributed by atoms with Gasteiger partial charge in [0.25, 0.3) is 5.91 Å². The molecule has 5 nitrogen and oxygen atoms in total. The minimum absolute atomic E-state index is 0.0488. The average Bonchev–Trinajstić information content (AvgIpc) is 3.26. The summed E-state index contributed by atoms with van der Waals surface area (Å²) in [5.41, 5.74) is 2.74. The van der Waals surface area contributed by atoms with E-state index >= 15 is 0 Å². The van der Waals surface area contributed by atoms with Crippen molar-refractivity contribution in [3.8, 4) is 10.9 Å². The molecule has 2 heterocycles. The maximum absolute atomic E-state index is 12.5. The number of benzene rings is 2. The van der Waals surface area contributed by atoms with Gasteiger partial charge >= 0.3 is 0 Å². The Kier molecular flexibility index (Phi) is 3.74. The predicted molar refractivity (Wildman–Crippen MR) is 99.7 cm³/mol. The number of phenolic OH excluding ortho intramolecular Hbond substituents is 1. The van der Waals surface area contributed by atoms with Gasteiger partial charge < -0.3 is 15.0 Å². The lowest BCUT2D eigenvalue weighted by Gasteiger charge is -2.08. The molecule has 0 saturated carbocycles. The predicted octanol–water partition coefficient (Wildman–Crippen LogP) is 4.35. The van der Waals surface area contributed by atoms with Crippen molar-refractivity contribution < 1.29 is 9.90 Å². The molecule has 4 rings (SSSR count). The monoisotopic (exact) mass is 349 g/mol. The number of amides is 1. The van der Waals surface area contributed by atoms with Gasteiger partial charge in [-0.3, -0.25) is 4.79 Å². The van der Waals surface area contributed by atoms with Crippen LogP contribution in [0.2, 0.25) is 0 Å². The number of fused-ring (bicyclic) bond motifs is 1. The number of aromatic nitrogens is 2. The second-order valence-electron chi connectivity index (χ2n) is 5.74. The molecule has 0 unspecified atom stereocenters. The summed E-state index contributed by atoms with van der Waals surface area (Å²) in [6.45, 7) is 1.90. The second-order valence-corrected chi connectivity index (χ2v) is 6.75. The first-order valence-corrected chi connectivity index (χ1v) is 8.57. The van der Waals surface area contributed by atoms with Gasteiger partial charge in [0.05, 0.1) is 15.9 Å². The fourth-order valence-electron chi connectivity index (χ4n) is 2.57. The highest BCUT2D eigenvalue weighted by atomic mass is 32.1. The molecule has 1 amide bonds. The van der Waals surface area contributed by atoms with Gasteiger partial charge in [0.15, 0.2) is 5.13 Å². The summed E-state index contributed by atoms with van der Waals surface area (Å²) >= 11 is 1.52. The molecule has 2 N–H and O–H groups in total. The molecule has 0 fully saturated rings. The third-order valence-electron chi connectivity index (χ3n) is 3.86. The molecular formula is C19H15N3O2S. The van der Waals surface area contributed by atoms with Crippen LogP contribution in [-0.2, 0) is 0 Å². The highest BCUT2D eigenvalue weighted by Gasteiger charge is 2.12. The van der Waals surface area contributed by atoms with Crippen molar-refractivity contribution in [1.29, 1.82) is 0 Å². The van der Waals surface area contributed by atoms with Crippen molar-refractivity contribution in [2.24, 2.45) is 0 Å². The van der Waals surface area contributed by atoms with Gasteiger partial charge in [0, 0.05) is 18.0 Å². The van der Waals surface area contributed by atoms with Gasteiger partial charge in [-0.1, -0.05) is 17.4 Å². The number of carbonyl (C=O) groups is 1. The van der Waals surface area contributed by atoms with Crippen LogP contribution in [0.1, 0.15) is 15.9 Å². The molecule has 0 aliphatic carbocycles. The van der Waals surface area contributed by atoms with E-state index < -0.39 is 0 Å². The van der Waals surface area contributed by atoms with Gasteiger partial charge in [0.2, 0.25) is 0 Å². The lowest BCUT2D eigenvalue weighted by Crippen LogP contribution is -2.11. The molecule has 124 valence electrons. The van der Waals surface area contributed by atoms with Crippen molar-refractivity contribution in [3.63, 3.8) is 0 Å². The minimum Gasteiger partial charge on any atom is -0.506 e. The number of hydrogen-bond acceptors (Lipinski definition) is 4. The van der Waals surface area contributed by atoms with Crippen LogP contribution in [0, 0.1) is 6.92 Å². The molecule has 0 aliphatic rings. The Labute approximate surface area is 148 Å². The van der Waals surface area contributed by atoms with E-state index in [1.165, 1.54) is 11.3 Å². The summed E-state index contributed by atoms with van der Waals surface area (Å²) < 4.78 is 2.87. The van der Waals surface area contributed by atoms with Crippen molar-refractivity contribution in [2.75, 3.05) is 5.32 Å². The molecule has 0 atom stereocenters. The van der Waals surface area contributed by atoms with Gasteiger partial charge in [-0.2, -0.15) is 0 Å². The summed E-state index contributed by atoms with van der Waals surface area (Å²) in [5.74, 6) is -0.216. The smallest absolute Gasteiger partial charge is 0.255 e. The SMILES string of the molecule is Cc1ccc(O)c(NC(=O)c2ccc3nc(-n4cccc4)sc3c2)c1. The molecule has 2 aromatic carbocycles. The Morgan fingerprint density at radius 1 is 1.16 bits per heavy atom. The number of carbonyl (C=O) groups excluding carboxylic acids is 1. The number of anilines is 1. The number of aromatic hydroxyl groups is 1. The Balaban J connectivity index is 1.64. The quantitative estimate of drug-likeness (QED) is 0.540. The molecule has 0 radical (unpaired) electrons. The highest BCUT2D eigenvalue weighted by Crippen LogP contribution is 2.28. The van der Waals surface area contributed by atoms with Crippen LogP contribution >= 0.6 is 11.3 Å². The van der Waals surface area contributed by atoms with Crippen LogP contribution in [-0.4, -0.2) is 20.6 Å². The first kappa shape index (κ1) is 15.4. The lowest BCUT2D eigenvalue weighted by molar-refractivity contribution is 0.102. The topological polar surface area (TPSA) is 67.2 Å². The second kappa shape index (κ2) is 6.07. The number of hydrogen-bond donors (Lipinski definition) is 2. The Morgan fingerprint density at radius 3 is 2.76 bits per heavy atom. The number of phenols is 1. The van der Waals surface area contributed by atoms with Gasteiger partial charge in [-0.15, -0.1) is 0 Å². The zero-order valence-electron chi connectivity index (χ0n) is 13.4. The van der Waals surface area contributed by atoms with E-state index in [0.29, 0.717) is 11.3 Å². The van der Waals surface area contributed by atoms with Crippen LogP contribution in [0.5, 0.6) is 5.75 Å². The molecular weight excluding hydrogens is 334 g/mol. The maximum atomic E-state index is 12.5. The highest BCUT2D eigenvalue weighted by molar-refractivity contribution is 7.20. The van der Waals surface area contributed by atoms with E-state index in [9.17, 15) is 9.90 Å². The zero-order valence-corrected chi connectivity index (χ0v) is 14.2. The Hall–Kier alpha value is -3.12. The first-order valence-electron chi connectivity index (χ1n) is 7.75. The summed E-state index contributed by atoms with van der Waals surface area (Å²) in [7, 11) is 0. The van der Waals surface area contributed by atoms with E-state index in [4.69, 9.17) is 0 Å².